The van der Waals surface area contributed by atoms with Gasteiger partial charge in [0, 0.05) is 13.5 Å². The summed E-state index contributed by atoms with van der Waals surface area (Å²) in [7, 11) is 1.43. The second-order valence-corrected chi connectivity index (χ2v) is 5.58. The second kappa shape index (κ2) is 7.26. The summed E-state index contributed by atoms with van der Waals surface area (Å²) in [5, 5.41) is 2.36. The van der Waals surface area contributed by atoms with Crippen LogP contribution in [0.4, 0.5) is 4.79 Å². The van der Waals surface area contributed by atoms with Crippen LogP contribution in [0.2, 0.25) is 0 Å². The molecule has 0 aromatic heterocycles. The summed E-state index contributed by atoms with van der Waals surface area (Å²) >= 11 is 0. The molecule has 0 radical (unpaired) electrons. The van der Waals surface area contributed by atoms with Gasteiger partial charge in [-0.2, -0.15) is 0 Å². The van der Waals surface area contributed by atoms with Crippen molar-refractivity contribution in [3.63, 3.8) is 0 Å². The number of Topliss-reactive ketones (excluding diaryl/α,β-unsaturated/α-hetero) is 1. The van der Waals surface area contributed by atoms with E-state index < -0.39 is 23.6 Å². The van der Waals surface area contributed by atoms with Crippen LogP contribution < -0.4 is 5.32 Å². The number of carbonyl (C=O) groups is 3. The predicted molar refractivity (Wildman–Crippen MR) is 82.8 cm³/mol. The summed E-state index contributed by atoms with van der Waals surface area (Å²) in [6.07, 6.45) is -0.326. The molecule has 1 aliphatic heterocycles. The van der Waals surface area contributed by atoms with Crippen molar-refractivity contribution in [2.45, 2.75) is 32.3 Å². The Balaban J connectivity index is 2.23. The van der Waals surface area contributed by atoms with Crippen molar-refractivity contribution in [2.75, 3.05) is 13.7 Å². The van der Waals surface area contributed by atoms with Gasteiger partial charge in [-0.05, 0) is 25.3 Å². The number of alkyl carbamates (subject to hydrolysis) is 1. The summed E-state index contributed by atoms with van der Waals surface area (Å²) in [6, 6.07) is 9.63. The molecule has 124 valence electrons. The van der Waals surface area contributed by atoms with E-state index in [0.29, 0.717) is 12.8 Å². The number of ketones is 1. The molecular formula is C17H21NO5. The number of carbonyl (C=O) groups excluding carboxylic acids is 3. The summed E-state index contributed by atoms with van der Waals surface area (Å²) < 4.78 is 10.4. The van der Waals surface area contributed by atoms with Crippen molar-refractivity contribution in [3.8, 4) is 0 Å². The van der Waals surface area contributed by atoms with Gasteiger partial charge >= 0.3 is 12.1 Å². The van der Waals surface area contributed by atoms with Gasteiger partial charge in [-0.15, -0.1) is 0 Å². The molecular weight excluding hydrogens is 298 g/mol. The molecule has 1 heterocycles. The van der Waals surface area contributed by atoms with E-state index in [1.165, 1.54) is 14.0 Å². The van der Waals surface area contributed by atoms with Crippen LogP contribution in [0.3, 0.4) is 0 Å². The van der Waals surface area contributed by atoms with E-state index >= 15 is 0 Å². The van der Waals surface area contributed by atoms with Crippen LogP contribution in [0, 0.1) is 5.41 Å². The Labute approximate surface area is 135 Å². The smallest absolute Gasteiger partial charge is 0.407 e. The zero-order valence-corrected chi connectivity index (χ0v) is 13.3. The van der Waals surface area contributed by atoms with Crippen LogP contribution in [-0.2, 0) is 25.5 Å². The predicted octanol–water partition coefficient (Wildman–Crippen LogP) is 1.87. The standard InChI is InChI=1S/C17H21NO5/c1-12(19)17(10-11-22-15(17)20)14(23-16(21)18-2)9-8-13-6-4-3-5-7-13/h3-7,14H,8-11H2,1-2H3,(H,18,21). The first kappa shape index (κ1) is 17.0. The Morgan fingerprint density at radius 1 is 1.35 bits per heavy atom. The Morgan fingerprint density at radius 3 is 2.57 bits per heavy atom. The molecule has 0 spiro atoms. The van der Waals surface area contributed by atoms with E-state index in [0.717, 1.165) is 5.56 Å². The highest BCUT2D eigenvalue weighted by Crippen LogP contribution is 2.38. The number of esters is 1. The lowest BCUT2D eigenvalue weighted by Gasteiger charge is -2.31. The highest BCUT2D eigenvalue weighted by molar-refractivity contribution is 6.04. The molecule has 0 saturated carbocycles. The van der Waals surface area contributed by atoms with Gasteiger partial charge in [0.25, 0.3) is 0 Å². The molecule has 1 amide bonds. The fraction of sp³-hybridized carbons (Fsp3) is 0.471. The Morgan fingerprint density at radius 2 is 2.04 bits per heavy atom. The van der Waals surface area contributed by atoms with Crippen molar-refractivity contribution in [3.05, 3.63) is 35.9 Å². The molecule has 2 rings (SSSR count). The number of rotatable bonds is 6. The number of cyclic esters (lactones) is 1. The molecule has 1 fully saturated rings. The van der Waals surface area contributed by atoms with Crippen molar-refractivity contribution < 1.29 is 23.9 Å². The van der Waals surface area contributed by atoms with Crippen LogP contribution in [0.25, 0.3) is 0 Å². The lowest BCUT2D eigenvalue weighted by atomic mass is 9.75. The van der Waals surface area contributed by atoms with Crippen molar-refractivity contribution in [1.29, 1.82) is 0 Å². The van der Waals surface area contributed by atoms with Crippen LogP contribution in [0.5, 0.6) is 0 Å². The molecule has 0 aliphatic carbocycles. The fourth-order valence-electron chi connectivity index (χ4n) is 2.91. The van der Waals surface area contributed by atoms with Crippen LogP contribution in [0.1, 0.15) is 25.3 Å². The first-order chi connectivity index (χ1) is 11.0. The van der Waals surface area contributed by atoms with Crippen LogP contribution >= 0.6 is 0 Å². The number of amides is 1. The maximum atomic E-state index is 12.2. The second-order valence-electron chi connectivity index (χ2n) is 5.58. The quantitative estimate of drug-likeness (QED) is 0.639. The van der Waals surface area contributed by atoms with Gasteiger partial charge in [0.1, 0.15) is 6.10 Å². The minimum atomic E-state index is -1.40. The average molecular weight is 319 g/mol. The van der Waals surface area contributed by atoms with Gasteiger partial charge < -0.3 is 14.8 Å². The summed E-state index contributed by atoms with van der Waals surface area (Å²) in [5.41, 5.74) is -0.357. The van der Waals surface area contributed by atoms with Crippen LogP contribution in [-0.4, -0.2) is 37.6 Å². The Kier molecular flexibility index (Phi) is 5.36. The molecule has 1 N–H and O–H groups in total. The fourth-order valence-corrected chi connectivity index (χ4v) is 2.91. The average Bonchev–Trinajstić information content (AvgIpc) is 2.94. The minimum absolute atomic E-state index is 0.164. The molecule has 2 unspecified atom stereocenters. The zero-order valence-electron chi connectivity index (χ0n) is 13.3. The first-order valence-electron chi connectivity index (χ1n) is 7.61. The van der Waals surface area contributed by atoms with Crippen LogP contribution in [0.15, 0.2) is 30.3 Å². The van der Waals surface area contributed by atoms with Crippen molar-refractivity contribution in [2.24, 2.45) is 5.41 Å². The maximum Gasteiger partial charge on any atom is 0.407 e. The molecule has 1 aromatic rings. The van der Waals surface area contributed by atoms with Gasteiger partial charge in [0.2, 0.25) is 0 Å². The molecule has 1 aliphatic rings. The van der Waals surface area contributed by atoms with Gasteiger partial charge in [-0.25, -0.2) is 4.79 Å². The third kappa shape index (κ3) is 3.52. The number of hydrogen-bond donors (Lipinski definition) is 1. The largest absolute Gasteiger partial charge is 0.465 e. The van der Waals surface area contributed by atoms with E-state index in [4.69, 9.17) is 9.47 Å². The number of ether oxygens (including phenoxy) is 2. The topological polar surface area (TPSA) is 81.7 Å². The van der Waals surface area contributed by atoms with E-state index in [9.17, 15) is 14.4 Å². The molecule has 23 heavy (non-hydrogen) atoms. The minimum Gasteiger partial charge on any atom is -0.465 e. The van der Waals surface area contributed by atoms with Crippen molar-refractivity contribution in [1.82, 2.24) is 5.32 Å². The maximum absolute atomic E-state index is 12.2. The lowest BCUT2D eigenvalue weighted by Crippen LogP contribution is -2.48. The molecule has 6 nitrogen and oxygen atoms in total. The third-order valence-corrected chi connectivity index (χ3v) is 4.26. The summed E-state index contributed by atoms with van der Waals surface area (Å²) in [4.78, 5) is 36.1. The highest BCUT2D eigenvalue weighted by atomic mass is 16.6. The monoisotopic (exact) mass is 319 g/mol. The Hall–Kier alpha value is -2.37. The molecule has 0 bridgehead atoms. The third-order valence-electron chi connectivity index (χ3n) is 4.26. The van der Waals surface area contributed by atoms with Gasteiger partial charge in [0.05, 0.1) is 6.61 Å². The lowest BCUT2D eigenvalue weighted by molar-refractivity contribution is -0.157. The number of benzene rings is 1. The van der Waals surface area contributed by atoms with Gasteiger partial charge in [-0.3, -0.25) is 9.59 Å². The highest BCUT2D eigenvalue weighted by Gasteiger charge is 2.56. The molecule has 1 saturated heterocycles. The van der Waals surface area contributed by atoms with E-state index in [2.05, 4.69) is 5.32 Å². The molecule has 2 atom stereocenters. The van der Waals surface area contributed by atoms with Crippen molar-refractivity contribution >= 4 is 17.8 Å². The first-order valence-corrected chi connectivity index (χ1v) is 7.61. The summed E-state index contributed by atoms with van der Waals surface area (Å²) in [6.45, 7) is 1.51. The number of nitrogens with one attached hydrogen (secondary N) is 1. The van der Waals surface area contributed by atoms with Gasteiger partial charge in [-0.1, -0.05) is 30.3 Å². The number of hydrogen-bond acceptors (Lipinski definition) is 5. The van der Waals surface area contributed by atoms with E-state index in [1.54, 1.807) is 0 Å². The molecule has 1 aromatic carbocycles. The van der Waals surface area contributed by atoms with Gasteiger partial charge in [0.15, 0.2) is 11.2 Å². The normalized spacial score (nSPS) is 21.4. The van der Waals surface area contributed by atoms with E-state index in [1.807, 2.05) is 30.3 Å². The SMILES string of the molecule is CNC(=O)OC(CCc1ccccc1)C1(C(C)=O)CCOC1=O. The number of aryl methyl sites for hydroxylation is 1. The molecule has 6 heteroatoms. The van der Waals surface area contributed by atoms with E-state index in [-0.39, 0.29) is 18.8 Å². The Bertz CT molecular complexity index is 586. The zero-order chi connectivity index (χ0) is 16.9. The summed E-state index contributed by atoms with van der Waals surface area (Å²) in [5.74, 6) is -0.936.